The van der Waals surface area contributed by atoms with E-state index in [1.54, 1.807) is 12.1 Å². The van der Waals surface area contributed by atoms with Gasteiger partial charge in [0.1, 0.15) is 0 Å². The maximum atomic E-state index is 7.13. The molecule has 0 spiro atoms. The smallest absolute Gasteiger partial charge is 0.0622 e. The Hall–Kier alpha value is -0.300. The minimum atomic E-state index is 0.370. The Balaban J connectivity index is 3.17. The largest absolute Gasteiger partial charge is 0.0623 e. The van der Waals surface area contributed by atoms with Crippen LogP contribution in [0.2, 0.25) is 0 Å². The minimum absolute atomic E-state index is 0.370. The molecule has 0 nitrogen and oxygen atoms in total. The van der Waals surface area contributed by atoms with Crippen molar-refractivity contribution >= 4 is 15.9 Å². The summed E-state index contributed by atoms with van der Waals surface area (Å²) in [6.45, 7) is 0. The van der Waals surface area contributed by atoms with Crippen LogP contribution in [0.4, 0.5) is 0 Å². The molecule has 36 valence electrons. The average molecular weight is 159 g/mol. The molecule has 1 rings (SSSR count). The standard InChI is InChI=1S/C6H5Br/c7-6-4-2-1-3-5-6/h1-5H/i2D,3D. The monoisotopic (exact) mass is 158 g/mol. The van der Waals surface area contributed by atoms with E-state index in [4.69, 9.17) is 2.74 Å². The van der Waals surface area contributed by atoms with Crippen molar-refractivity contribution in [1.29, 1.82) is 0 Å². The van der Waals surface area contributed by atoms with Crippen LogP contribution in [0.5, 0.6) is 0 Å². The zero-order valence-corrected chi connectivity index (χ0v) is 5.20. The van der Waals surface area contributed by atoms with Crippen molar-refractivity contribution in [2.24, 2.45) is 0 Å². The lowest BCUT2D eigenvalue weighted by Gasteiger charge is -1.80. The highest BCUT2D eigenvalue weighted by atomic mass is 79.9. The fourth-order valence-electron chi connectivity index (χ4n) is 0.332. The highest BCUT2D eigenvalue weighted by molar-refractivity contribution is 9.10. The van der Waals surface area contributed by atoms with Crippen molar-refractivity contribution in [1.82, 2.24) is 0 Å². The van der Waals surface area contributed by atoms with Crippen LogP contribution in [0.3, 0.4) is 0 Å². The first-order valence-electron chi connectivity index (χ1n) is 2.92. The van der Waals surface area contributed by atoms with Crippen LogP contribution < -0.4 is 0 Å². The number of benzene rings is 1. The van der Waals surface area contributed by atoms with Crippen LogP contribution in [-0.4, -0.2) is 0 Å². The molecule has 0 bridgehead atoms. The molecule has 0 saturated carbocycles. The van der Waals surface area contributed by atoms with Gasteiger partial charge in [-0.15, -0.1) is 0 Å². The molecule has 7 heavy (non-hydrogen) atoms. The van der Waals surface area contributed by atoms with Crippen molar-refractivity contribution in [2.45, 2.75) is 0 Å². The Morgan fingerprint density at radius 1 is 1.43 bits per heavy atom. The molecular formula is C6H5Br. The first-order valence-corrected chi connectivity index (χ1v) is 2.71. The second-order valence-electron chi connectivity index (χ2n) is 1.15. The summed E-state index contributed by atoms with van der Waals surface area (Å²) < 4.78 is 15.0. The normalized spacial score (nSPS) is 12.7. The Kier molecular flexibility index (Phi) is 0.873. The predicted octanol–water partition coefficient (Wildman–Crippen LogP) is 2.45. The summed E-state index contributed by atoms with van der Waals surface area (Å²) in [6.07, 6.45) is 0. The topological polar surface area (TPSA) is 0 Å². The molecule has 0 saturated heterocycles. The Labute approximate surface area is 54.1 Å². The quantitative estimate of drug-likeness (QED) is 0.545. The van der Waals surface area contributed by atoms with E-state index in [1.807, 2.05) is 0 Å². The predicted molar refractivity (Wildman–Crippen MR) is 34.1 cm³/mol. The van der Waals surface area contributed by atoms with Gasteiger partial charge < -0.3 is 0 Å². The SMILES string of the molecule is [2H]c1cc([2H])cc(Br)c1. The zero-order valence-electron chi connectivity index (χ0n) is 5.61. The van der Waals surface area contributed by atoms with Crippen LogP contribution in [0.1, 0.15) is 2.74 Å². The molecule has 0 amide bonds. The fraction of sp³-hybridized carbons (Fsp3) is 0. The molecule has 0 aliphatic carbocycles. The van der Waals surface area contributed by atoms with Gasteiger partial charge in [0.15, 0.2) is 0 Å². The molecule has 1 heteroatoms. The first-order chi connectivity index (χ1) is 4.18. The summed E-state index contributed by atoms with van der Waals surface area (Å²) in [5, 5.41) is 0. The Morgan fingerprint density at radius 3 is 2.43 bits per heavy atom. The van der Waals surface area contributed by atoms with Gasteiger partial charge in [0.05, 0.1) is 2.74 Å². The van der Waals surface area contributed by atoms with Crippen molar-refractivity contribution in [2.75, 3.05) is 0 Å². The second kappa shape index (κ2) is 2.12. The molecule has 0 radical (unpaired) electrons. The number of rotatable bonds is 0. The highest BCUT2D eigenvalue weighted by Crippen LogP contribution is 2.05. The van der Waals surface area contributed by atoms with Crippen LogP contribution in [0.25, 0.3) is 0 Å². The maximum Gasteiger partial charge on any atom is 0.0623 e. The van der Waals surface area contributed by atoms with Crippen molar-refractivity contribution < 1.29 is 2.74 Å². The first kappa shape index (κ1) is 2.88. The summed E-state index contributed by atoms with van der Waals surface area (Å²) in [4.78, 5) is 0. The van der Waals surface area contributed by atoms with Gasteiger partial charge in [-0.05, 0) is 12.1 Å². The van der Waals surface area contributed by atoms with Crippen molar-refractivity contribution in [3.63, 3.8) is 0 Å². The summed E-state index contributed by atoms with van der Waals surface area (Å²) >= 11 is 3.17. The molecule has 0 aromatic heterocycles. The average Bonchev–Trinajstić information content (AvgIpc) is 1.59. The third-order valence-corrected chi connectivity index (χ3v) is 1.07. The summed E-state index contributed by atoms with van der Waals surface area (Å²) in [6, 6.07) is 5.53. The molecule has 0 atom stereocenters. The van der Waals surface area contributed by atoms with Crippen LogP contribution in [0.15, 0.2) is 34.8 Å². The number of halogens is 1. The van der Waals surface area contributed by atoms with Crippen LogP contribution >= 0.6 is 15.9 Å². The van der Waals surface area contributed by atoms with Crippen LogP contribution in [0, 0.1) is 0 Å². The van der Waals surface area contributed by atoms with E-state index in [9.17, 15) is 0 Å². The molecule has 0 aliphatic rings. The van der Waals surface area contributed by atoms with E-state index in [1.165, 1.54) is 6.07 Å². The fourth-order valence-corrected chi connectivity index (χ4v) is 0.597. The van der Waals surface area contributed by atoms with E-state index in [-0.39, 0.29) is 0 Å². The summed E-state index contributed by atoms with van der Waals surface area (Å²) in [7, 11) is 0. The van der Waals surface area contributed by atoms with Crippen molar-refractivity contribution in [3.05, 3.63) is 34.8 Å². The summed E-state index contributed by atoms with van der Waals surface area (Å²) in [5.74, 6) is 0. The Bertz CT molecular complexity index is 172. The van der Waals surface area contributed by atoms with E-state index in [0.717, 1.165) is 4.47 Å². The van der Waals surface area contributed by atoms with E-state index in [0.29, 0.717) is 12.1 Å². The van der Waals surface area contributed by atoms with Gasteiger partial charge in [-0.2, -0.15) is 0 Å². The summed E-state index contributed by atoms with van der Waals surface area (Å²) in [5.41, 5.74) is 0. The van der Waals surface area contributed by atoms with Gasteiger partial charge in [-0.3, -0.25) is 0 Å². The highest BCUT2D eigenvalue weighted by Gasteiger charge is 1.74. The molecule has 0 heterocycles. The van der Waals surface area contributed by atoms with Gasteiger partial charge >= 0.3 is 0 Å². The van der Waals surface area contributed by atoms with Gasteiger partial charge in [0.2, 0.25) is 0 Å². The molecule has 0 fully saturated rings. The molecule has 1 aromatic carbocycles. The number of hydrogen-bond donors (Lipinski definition) is 0. The molecular weight excluding hydrogens is 152 g/mol. The molecule has 0 aliphatic heterocycles. The lowest BCUT2D eigenvalue weighted by atomic mass is 10.4. The molecule has 0 N–H and O–H groups in total. The van der Waals surface area contributed by atoms with Gasteiger partial charge in [-0.1, -0.05) is 34.1 Å². The van der Waals surface area contributed by atoms with E-state index < -0.39 is 0 Å². The molecule has 1 aromatic rings. The lowest BCUT2D eigenvalue weighted by Crippen LogP contribution is -1.55. The molecule has 0 unspecified atom stereocenters. The third-order valence-electron chi connectivity index (χ3n) is 0.609. The van der Waals surface area contributed by atoms with Crippen LogP contribution in [-0.2, 0) is 0 Å². The minimum Gasteiger partial charge on any atom is -0.0622 e. The lowest BCUT2D eigenvalue weighted by molar-refractivity contribution is 1.66. The van der Waals surface area contributed by atoms with Gasteiger partial charge in [-0.25, -0.2) is 0 Å². The van der Waals surface area contributed by atoms with E-state index >= 15 is 0 Å². The van der Waals surface area contributed by atoms with Gasteiger partial charge in [0.25, 0.3) is 0 Å². The van der Waals surface area contributed by atoms with Gasteiger partial charge in [0, 0.05) is 4.47 Å². The third kappa shape index (κ3) is 1.32. The van der Waals surface area contributed by atoms with E-state index in [2.05, 4.69) is 15.9 Å². The van der Waals surface area contributed by atoms with Crippen molar-refractivity contribution in [3.8, 4) is 0 Å². The maximum absolute atomic E-state index is 7.13. The zero-order chi connectivity index (χ0) is 6.85. The Morgan fingerprint density at radius 2 is 2.00 bits per heavy atom. The second-order valence-corrected chi connectivity index (χ2v) is 2.07. The number of hydrogen-bond acceptors (Lipinski definition) is 0.